The lowest BCUT2D eigenvalue weighted by Gasteiger charge is -1.69. The Morgan fingerprint density at radius 3 is 2.75 bits per heavy atom. The van der Waals surface area contributed by atoms with Crippen LogP contribution >= 0.6 is 0 Å². The molecular weight excluding hydrogens is 100 g/mol. The third kappa shape index (κ3) is 0.589. The fraction of sp³-hybridized carbons (Fsp3) is 0.167. The maximum Gasteiger partial charge on any atom is 0.0306 e. The van der Waals surface area contributed by atoms with Crippen molar-refractivity contribution in [2.45, 2.75) is 6.42 Å². The Kier molecular flexibility index (Phi) is 1.02. The fourth-order valence-electron chi connectivity index (χ4n) is 0.722. The highest BCUT2D eigenvalue weighted by molar-refractivity contribution is 5.41. The van der Waals surface area contributed by atoms with Gasteiger partial charge in [0, 0.05) is 12.4 Å². The van der Waals surface area contributed by atoms with Gasteiger partial charge in [-0.25, -0.2) is 0 Å². The topological polar surface area (TPSA) is 47.9 Å². The summed E-state index contributed by atoms with van der Waals surface area (Å²) in [6, 6.07) is 2.06. The Morgan fingerprint density at radius 1 is 1.38 bits per heavy atom. The lowest BCUT2D eigenvalue weighted by molar-refractivity contribution is 1.34. The first-order valence-electron chi connectivity index (χ1n) is 2.38. The summed E-state index contributed by atoms with van der Waals surface area (Å²) in [7, 11) is 0. The van der Waals surface area contributed by atoms with Crippen molar-refractivity contribution < 1.29 is 0 Å². The van der Waals surface area contributed by atoms with Crippen molar-refractivity contribution in [3.05, 3.63) is 29.6 Å². The van der Waals surface area contributed by atoms with Crippen LogP contribution in [0.15, 0.2) is 18.5 Å². The molecule has 0 saturated heterocycles. The minimum atomic E-state index is 0. The van der Waals surface area contributed by atoms with Crippen molar-refractivity contribution in [2.24, 2.45) is 0 Å². The Bertz CT molecular complexity index is 174. The Labute approximate surface area is 48.1 Å². The number of fused-ring (bicyclic) bond motifs is 1. The van der Waals surface area contributed by atoms with Crippen LogP contribution in [0.5, 0.6) is 0 Å². The molecule has 2 nitrogen and oxygen atoms in total. The predicted octanol–water partition coefficient (Wildman–Crippen LogP) is 1.15. The molecule has 0 atom stereocenters. The molecule has 0 fully saturated rings. The molecule has 42 valence electrons. The zero-order valence-corrected chi connectivity index (χ0v) is 4.59. The van der Waals surface area contributed by atoms with E-state index in [0.29, 0.717) is 0 Å². The number of nitrogens with zero attached hydrogens (tertiary/aromatic N) is 1. The molecular formula is C6H8N2. The van der Waals surface area contributed by atoms with Gasteiger partial charge in [-0.3, -0.25) is 4.98 Å². The van der Waals surface area contributed by atoms with Crippen LogP contribution in [0.1, 0.15) is 11.1 Å². The highest BCUT2D eigenvalue weighted by Gasteiger charge is 2.13. The van der Waals surface area contributed by atoms with Crippen LogP contribution < -0.4 is 6.15 Å². The van der Waals surface area contributed by atoms with Gasteiger partial charge in [0.25, 0.3) is 0 Å². The van der Waals surface area contributed by atoms with E-state index in [-0.39, 0.29) is 6.15 Å². The first kappa shape index (κ1) is 5.25. The van der Waals surface area contributed by atoms with E-state index < -0.39 is 0 Å². The molecule has 8 heavy (non-hydrogen) atoms. The molecule has 1 aromatic heterocycles. The van der Waals surface area contributed by atoms with Crippen molar-refractivity contribution in [1.29, 1.82) is 0 Å². The molecule has 3 N–H and O–H groups in total. The van der Waals surface area contributed by atoms with E-state index in [0.717, 1.165) is 0 Å². The van der Waals surface area contributed by atoms with Gasteiger partial charge in [-0.05, 0) is 23.6 Å². The Balaban J connectivity index is 0.000000320. The van der Waals surface area contributed by atoms with Crippen molar-refractivity contribution in [2.75, 3.05) is 0 Å². The van der Waals surface area contributed by atoms with E-state index in [1.807, 2.05) is 12.4 Å². The molecule has 2 heteroatoms. The van der Waals surface area contributed by atoms with Crippen LogP contribution in [-0.4, -0.2) is 4.98 Å². The molecule has 1 aliphatic carbocycles. The second kappa shape index (κ2) is 1.56. The van der Waals surface area contributed by atoms with Gasteiger partial charge < -0.3 is 6.15 Å². The molecule has 0 aliphatic heterocycles. The van der Waals surface area contributed by atoms with Crippen LogP contribution in [0, 0.1) is 0 Å². The molecule has 1 aromatic rings. The normalized spacial score (nSPS) is 11.5. The highest BCUT2D eigenvalue weighted by atomic mass is 14.6. The molecule has 0 aromatic carbocycles. The summed E-state index contributed by atoms with van der Waals surface area (Å²) >= 11 is 0. The van der Waals surface area contributed by atoms with Crippen molar-refractivity contribution in [3.63, 3.8) is 0 Å². The summed E-state index contributed by atoms with van der Waals surface area (Å²) in [6.45, 7) is 0. The largest absolute Gasteiger partial charge is 0.344 e. The summed E-state index contributed by atoms with van der Waals surface area (Å²) in [4.78, 5) is 3.94. The molecule has 0 radical (unpaired) electrons. The van der Waals surface area contributed by atoms with Gasteiger partial charge in [-0.2, -0.15) is 0 Å². The van der Waals surface area contributed by atoms with E-state index >= 15 is 0 Å². The SMILES string of the molecule is N.c1cc2c(cn1)C2. The quantitative estimate of drug-likeness (QED) is 0.550. The molecule has 0 amide bonds. The first-order valence-corrected chi connectivity index (χ1v) is 2.38. The predicted molar refractivity (Wildman–Crippen MR) is 32.1 cm³/mol. The lowest BCUT2D eigenvalue weighted by Crippen LogP contribution is -1.59. The van der Waals surface area contributed by atoms with Gasteiger partial charge in [0.15, 0.2) is 0 Å². The summed E-state index contributed by atoms with van der Waals surface area (Å²) in [6.07, 6.45) is 4.95. The molecule has 1 heterocycles. The second-order valence-electron chi connectivity index (χ2n) is 1.82. The van der Waals surface area contributed by atoms with Gasteiger partial charge in [-0.15, -0.1) is 0 Å². The van der Waals surface area contributed by atoms with Crippen molar-refractivity contribution in [1.82, 2.24) is 11.1 Å². The van der Waals surface area contributed by atoms with Gasteiger partial charge in [-0.1, -0.05) is 0 Å². The molecule has 0 spiro atoms. The molecule has 0 bridgehead atoms. The van der Waals surface area contributed by atoms with Gasteiger partial charge in [0.2, 0.25) is 0 Å². The zero-order chi connectivity index (χ0) is 4.69. The third-order valence-electron chi connectivity index (χ3n) is 1.26. The van der Waals surface area contributed by atoms with E-state index in [4.69, 9.17) is 0 Å². The average molecular weight is 108 g/mol. The smallest absolute Gasteiger partial charge is 0.0306 e. The minimum Gasteiger partial charge on any atom is -0.344 e. The molecule has 2 rings (SSSR count). The van der Waals surface area contributed by atoms with Crippen molar-refractivity contribution in [3.8, 4) is 0 Å². The van der Waals surface area contributed by atoms with Gasteiger partial charge in [0.1, 0.15) is 0 Å². The monoisotopic (exact) mass is 108 g/mol. The number of aromatic nitrogens is 1. The fourth-order valence-corrected chi connectivity index (χ4v) is 0.722. The number of hydrogen-bond acceptors (Lipinski definition) is 2. The van der Waals surface area contributed by atoms with E-state index in [1.54, 1.807) is 0 Å². The van der Waals surface area contributed by atoms with E-state index in [9.17, 15) is 0 Å². The third-order valence-corrected chi connectivity index (χ3v) is 1.26. The summed E-state index contributed by atoms with van der Waals surface area (Å²) < 4.78 is 0. The molecule has 0 saturated carbocycles. The highest BCUT2D eigenvalue weighted by Crippen LogP contribution is 2.24. The number of pyridine rings is 1. The van der Waals surface area contributed by atoms with Crippen molar-refractivity contribution >= 4 is 0 Å². The summed E-state index contributed by atoms with van der Waals surface area (Å²) in [5.41, 5.74) is 2.89. The summed E-state index contributed by atoms with van der Waals surface area (Å²) in [5.74, 6) is 0. The first-order chi connectivity index (χ1) is 3.47. The number of hydrogen-bond donors (Lipinski definition) is 1. The average Bonchev–Trinajstić information content (AvgIpc) is 2.41. The van der Waals surface area contributed by atoms with Crippen LogP contribution in [0.3, 0.4) is 0 Å². The summed E-state index contributed by atoms with van der Waals surface area (Å²) in [5, 5.41) is 0. The van der Waals surface area contributed by atoms with Crippen LogP contribution in [-0.2, 0) is 6.42 Å². The van der Waals surface area contributed by atoms with Crippen LogP contribution in [0.25, 0.3) is 0 Å². The maximum absolute atomic E-state index is 3.94. The van der Waals surface area contributed by atoms with E-state index in [2.05, 4.69) is 11.1 Å². The standard InChI is InChI=1S/C6H5N.H3N/c1-2-7-4-6-3-5(1)6;/h1-2,4H,3H2;1H3. The van der Waals surface area contributed by atoms with Crippen LogP contribution in [0.2, 0.25) is 0 Å². The van der Waals surface area contributed by atoms with E-state index in [1.165, 1.54) is 17.5 Å². The maximum atomic E-state index is 3.94. The zero-order valence-electron chi connectivity index (χ0n) is 4.59. The lowest BCUT2D eigenvalue weighted by atomic mass is 10.5. The second-order valence-corrected chi connectivity index (χ2v) is 1.82. The Hall–Kier alpha value is -0.890. The van der Waals surface area contributed by atoms with Crippen LogP contribution in [0.4, 0.5) is 0 Å². The minimum absolute atomic E-state index is 0. The molecule has 1 aliphatic rings. The number of rotatable bonds is 0. The molecule has 0 unspecified atom stereocenters. The Morgan fingerprint density at radius 2 is 2.25 bits per heavy atom. The van der Waals surface area contributed by atoms with Gasteiger partial charge in [0.05, 0.1) is 0 Å². The van der Waals surface area contributed by atoms with Gasteiger partial charge >= 0.3 is 0 Å².